The van der Waals surface area contributed by atoms with Crippen LogP contribution in [0.4, 0.5) is 4.79 Å². The Bertz CT molecular complexity index is 1040. The molecule has 2 aromatic heterocycles. The monoisotopic (exact) mass is 391 g/mol. The van der Waals surface area contributed by atoms with Crippen LogP contribution in [-0.4, -0.2) is 38.6 Å². The van der Waals surface area contributed by atoms with Gasteiger partial charge in [0.05, 0.1) is 12.2 Å². The van der Waals surface area contributed by atoms with Gasteiger partial charge in [0.25, 0.3) is 0 Å². The lowest BCUT2D eigenvalue weighted by molar-refractivity contribution is 0.200. The number of nitrogens with one attached hydrogen (secondary N) is 2. The number of aryl methyl sites for hydroxylation is 4. The molecule has 1 aromatic carbocycles. The number of fused-ring (bicyclic) bond motifs is 4. The first-order valence-corrected chi connectivity index (χ1v) is 10.7. The zero-order valence-corrected chi connectivity index (χ0v) is 17.3. The molecule has 2 amide bonds. The summed E-state index contributed by atoms with van der Waals surface area (Å²) >= 11 is 0. The molecule has 1 aliphatic heterocycles. The maximum Gasteiger partial charge on any atom is 0.317 e. The summed E-state index contributed by atoms with van der Waals surface area (Å²) in [4.78, 5) is 22.8. The quantitative estimate of drug-likeness (QED) is 0.715. The molecule has 3 aromatic rings. The van der Waals surface area contributed by atoms with Gasteiger partial charge in [-0.2, -0.15) is 0 Å². The second-order valence-electron chi connectivity index (χ2n) is 8.68. The Kier molecular flexibility index (Phi) is 4.57. The number of benzene rings is 1. The minimum atomic E-state index is -0.0135. The van der Waals surface area contributed by atoms with Gasteiger partial charge in [-0.3, -0.25) is 0 Å². The van der Waals surface area contributed by atoms with E-state index in [-0.39, 0.29) is 12.1 Å². The molecular formula is C23H29N5O. The predicted octanol–water partition coefficient (Wildman–Crippen LogP) is 3.71. The molecule has 1 atom stereocenters. The number of carbonyl (C=O) groups excluding carboxylic acids is 1. The van der Waals surface area contributed by atoms with Gasteiger partial charge in [0.1, 0.15) is 5.82 Å². The number of urea groups is 1. The van der Waals surface area contributed by atoms with E-state index in [0.29, 0.717) is 6.54 Å². The van der Waals surface area contributed by atoms with Crippen molar-refractivity contribution in [2.24, 2.45) is 0 Å². The van der Waals surface area contributed by atoms with E-state index >= 15 is 0 Å². The zero-order chi connectivity index (χ0) is 20.0. The van der Waals surface area contributed by atoms with Gasteiger partial charge >= 0.3 is 6.03 Å². The number of imidazole rings is 1. The third kappa shape index (κ3) is 3.52. The van der Waals surface area contributed by atoms with Crippen LogP contribution in [0, 0.1) is 6.92 Å². The molecular weight excluding hydrogens is 362 g/mol. The lowest BCUT2D eigenvalue weighted by Gasteiger charge is -2.26. The van der Waals surface area contributed by atoms with E-state index in [9.17, 15) is 4.79 Å². The maximum atomic E-state index is 12.8. The summed E-state index contributed by atoms with van der Waals surface area (Å²) < 4.78 is 2.24. The smallest absolute Gasteiger partial charge is 0.317 e. The molecule has 6 heteroatoms. The number of hydrogen-bond acceptors (Lipinski definition) is 2. The van der Waals surface area contributed by atoms with Crippen LogP contribution < -0.4 is 5.32 Å². The van der Waals surface area contributed by atoms with Crippen LogP contribution in [0.25, 0.3) is 10.9 Å². The largest absolute Gasteiger partial charge is 0.358 e. The molecule has 2 N–H and O–H groups in total. The van der Waals surface area contributed by atoms with E-state index in [1.54, 1.807) is 4.90 Å². The molecule has 0 saturated carbocycles. The Morgan fingerprint density at radius 3 is 3.10 bits per heavy atom. The van der Waals surface area contributed by atoms with E-state index in [1.165, 1.54) is 40.6 Å². The van der Waals surface area contributed by atoms with Gasteiger partial charge in [-0.15, -0.1) is 0 Å². The van der Waals surface area contributed by atoms with Crippen LogP contribution in [0.1, 0.15) is 47.6 Å². The van der Waals surface area contributed by atoms with Crippen LogP contribution in [0.15, 0.2) is 24.4 Å². The van der Waals surface area contributed by atoms with Crippen LogP contribution in [0.3, 0.4) is 0 Å². The highest BCUT2D eigenvalue weighted by molar-refractivity contribution is 5.86. The Morgan fingerprint density at radius 1 is 1.34 bits per heavy atom. The van der Waals surface area contributed by atoms with Crippen LogP contribution in [0.5, 0.6) is 0 Å². The molecule has 5 rings (SSSR count). The van der Waals surface area contributed by atoms with Crippen LogP contribution in [0.2, 0.25) is 0 Å². The zero-order valence-electron chi connectivity index (χ0n) is 17.3. The average Bonchev–Trinajstić information content (AvgIpc) is 3.28. The van der Waals surface area contributed by atoms with E-state index < -0.39 is 0 Å². The number of nitrogens with zero attached hydrogens (tertiary/aromatic N) is 3. The lowest BCUT2D eigenvalue weighted by Crippen LogP contribution is -2.45. The van der Waals surface area contributed by atoms with Gasteiger partial charge in [-0.05, 0) is 56.7 Å². The van der Waals surface area contributed by atoms with Gasteiger partial charge in [0, 0.05) is 48.8 Å². The van der Waals surface area contributed by atoms with Gasteiger partial charge in [-0.25, -0.2) is 9.78 Å². The molecule has 152 valence electrons. The van der Waals surface area contributed by atoms with E-state index in [2.05, 4.69) is 46.2 Å². The summed E-state index contributed by atoms with van der Waals surface area (Å²) in [7, 11) is 1.86. The van der Waals surface area contributed by atoms with Crippen LogP contribution in [-0.2, 0) is 32.4 Å². The predicted molar refractivity (Wildman–Crippen MR) is 114 cm³/mol. The summed E-state index contributed by atoms with van der Waals surface area (Å²) in [5, 5.41) is 4.55. The lowest BCUT2D eigenvalue weighted by atomic mass is 9.91. The second kappa shape index (κ2) is 7.25. The van der Waals surface area contributed by atoms with Gasteiger partial charge in [-0.1, -0.05) is 11.6 Å². The van der Waals surface area contributed by atoms with E-state index in [0.717, 1.165) is 43.7 Å². The van der Waals surface area contributed by atoms with Gasteiger partial charge in [0.15, 0.2) is 0 Å². The molecule has 0 spiro atoms. The Balaban J connectivity index is 1.24. The SMILES string of the molecule is Cc1ccc2[nH]c3c(c2c1)C[C@H](NC(=O)N(C)Cc1cn2c(n1)CCCC2)CC3. The van der Waals surface area contributed by atoms with Crippen molar-refractivity contribution < 1.29 is 4.79 Å². The number of aromatic amines is 1. The molecule has 2 aliphatic rings. The first-order chi connectivity index (χ1) is 14.1. The number of hydrogen-bond donors (Lipinski definition) is 2. The molecule has 29 heavy (non-hydrogen) atoms. The van der Waals surface area contributed by atoms with Crippen molar-refractivity contribution in [3.05, 3.63) is 52.7 Å². The number of H-pyrrole nitrogens is 1. The summed E-state index contributed by atoms with van der Waals surface area (Å²) in [6.45, 7) is 3.73. The highest BCUT2D eigenvalue weighted by Gasteiger charge is 2.25. The topological polar surface area (TPSA) is 66.0 Å². The molecule has 0 radical (unpaired) electrons. The summed E-state index contributed by atoms with van der Waals surface area (Å²) in [6, 6.07) is 6.72. The van der Waals surface area contributed by atoms with Crippen molar-refractivity contribution in [1.29, 1.82) is 0 Å². The minimum absolute atomic E-state index is 0.0135. The molecule has 6 nitrogen and oxygen atoms in total. The fourth-order valence-electron chi connectivity index (χ4n) is 4.80. The number of rotatable bonds is 3. The van der Waals surface area contributed by atoms with Gasteiger partial charge < -0.3 is 19.8 Å². The molecule has 1 aliphatic carbocycles. The van der Waals surface area contributed by atoms with Crippen molar-refractivity contribution in [1.82, 2.24) is 24.8 Å². The summed E-state index contributed by atoms with van der Waals surface area (Å²) in [5.41, 5.74) is 6.15. The average molecular weight is 392 g/mol. The highest BCUT2D eigenvalue weighted by Crippen LogP contribution is 2.30. The summed E-state index contributed by atoms with van der Waals surface area (Å²) in [6.07, 6.45) is 8.42. The Hall–Kier alpha value is -2.76. The second-order valence-corrected chi connectivity index (χ2v) is 8.68. The summed E-state index contributed by atoms with van der Waals surface area (Å²) in [5.74, 6) is 1.16. The standard InChI is InChI=1S/C23H29N5O/c1-15-6-8-20-18(11-15)19-12-16(7-9-21(19)26-20)25-23(29)27(2)13-17-14-28-10-4-3-5-22(28)24-17/h6,8,11,14,16,26H,3-5,7,9-10,12-13H2,1-2H3,(H,25,29)/t16-/m1/s1. The normalized spacial score (nSPS) is 18.3. The fraction of sp³-hybridized carbons (Fsp3) is 0.478. The number of aromatic nitrogens is 3. The Labute approximate surface area is 171 Å². The first kappa shape index (κ1) is 18.3. The van der Waals surface area contributed by atoms with Crippen molar-refractivity contribution >= 4 is 16.9 Å². The van der Waals surface area contributed by atoms with Gasteiger partial charge in [0.2, 0.25) is 0 Å². The number of amides is 2. The van der Waals surface area contributed by atoms with Crippen LogP contribution >= 0.6 is 0 Å². The van der Waals surface area contributed by atoms with Crippen molar-refractivity contribution in [3.8, 4) is 0 Å². The number of carbonyl (C=O) groups is 1. The third-order valence-corrected chi connectivity index (χ3v) is 6.38. The molecule has 0 bridgehead atoms. The van der Waals surface area contributed by atoms with Crippen molar-refractivity contribution in [2.75, 3.05) is 7.05 Å². The van der Waals surface area contributed by atoms with Crippen molar-refractivity contribution in [3.63, 3.8) is 0 Å². The third-order valence-electron chi connectivity index (χ3n) is 6.38. The van der Waals surface area contributed by atoms with E-state index in [4.69, 9.17) is 4.98 Å². The fourth-order valence-corrected chi connectivity index (χ4v) is 4.80. The molecule has 0 saturated heterocycles. The molecule has 3 heterocycles. The molecule has 0 unspecified atom stereocenters. The first-order valence-electron chi connectivity index (χ1n) is 10.7. The minimum Gasteiger partial charge on any atom is -0.358 e. The van der Waals surface area contributed by atoms with Crippen molar-refractivity contribution in [2.45, 2.75) is 64.6 Å². The van der Waals surface area contributed by atoms with E-state index in [1.807, 2.05) is 7.05 Å². The highest BCUT2D eigenvalue weighted by atomic mass is 16.2. The maximum absolute atomic E-state index is 12.8. The Morgan fingerprint density at radius 2 is 2.24 bits per heavy atom. The molecule has 0 fully saturated rings.